The zero-order valence-corrected chi connectivity index (χ0v) is 17.8. The number of hydrogen-bond donors (Lipinski definition) is 0. The van der Waals surface area contributed by atoms with Gasteiger partial charge in [0, 0.05) is 24.6 Å². The predicted octanol–water partition coefficient (Wildman–Crippen LogP) is 4.91. The second-order valence-electron chi connectivity index (χ2n) is 7.71. The smallest absolute Gasteiger partial charge is 0.166 e. The maximum Gasteiger partial charge on any atom is 0.166 e. The van der Waals surface area contributed by atoms with Crippen molar-refractivity contribution in [3.8, 4) is 11.5 Å². The maximum atomic E-state index is 12.9. The fraction of sp³-hybridized carbons (Fsp3) is 0.375. The Labute approximate surface area is 178 Å². The van der Waals surface area contributed by atoms with Crippen LogP contribution >= 0.6 is 12.4 Å². The molecule has 0 saturated carbocycles. The number of fused-ring (bicyclic) bond motifs is 1. The number of Topliss-reactive ketones (excluding diaryl/α,β-unsaturated/α-hetero) is 1. The number of allylic oxidation sites excluding steroid dienone is 1. The van der Waals surface area contributed by atoms with Gasteiger partial charge in [-0.1, -0.05) is 36.4 Å². The van der Waals surface area contributed by atoms with Gasteiger partial charge in [0.05, 0.1) is 14.2 Å². The average Bonchev–Trinajstić information content (AvgIpc) is 3.03. The number of carbonyl (C=O) groups excluding carboxylic acids is 1. The van der Waals surface area contributed by atoms with Gasteiger partial charge in [0.1, 0.15) is 0 Å². The Morgan fingerprint density at radius 1 is 1.07 bits per heavy atom. The molecule has 0 bridgehead atoms. The maximum absolute atomic E-state index is 12.9. The molecular weight excluding hydrogens is 386 g/mol. The van der Waals surface area contributed by atoms with E-state index in [1.807, 2.05) is 18.2 Å². The Hall–Kier alpha value is -2.46. The van der Waals surface area contributed by atoms with Gasteiger partial charge < -0.3 is 14.4 Å². The van der Waals surface area contributed by atoms with E-state index in [-0.39, 0.29) is 24.1 Å². The van der Waals surface area contributed by atoms with Crippen LogP contribution in [-0.4, -0.2) is 31.4 Å². The van der Waals surface area contributed by atoms with Gasteiger partial charge in [0.2, 0.25) is 0 Å². The number of ether oxygens (including phenoxy) is 2. The molecule has 5 heteroatoms. The van der Waals surface area contributed by atoms with E-state index < -0.39 is 0 Å². The van der Waals surface area contributed by atoms with Crippen LogP contribution in [0.25, 0.3) is 0 Å². The molecule has 2 aliphatic rings. The minimum atomic E-state index is 0. The minimum Gasteiger partial charge on any atom is -0.493 e. The number of benzene rings is 2. The molecule has 1 aliphatic carbocycles. The molecule has 0 saturated heterocycles. The van der Waals surface area contributed by atoms with Gasteiger partial charge in [-0.3, -0.25) is 4.79 Å². The van der Waals surface area contributed by atoms with E-state index in [9.17, 15) is 4.79 Å². The highest BCUT2D eigenvalue weighted by atomic mass is 35.5. The summed E-state index contributed by atoms with van der Waals surface area (Å²) in [6.45, 7) is 1.98. The van der Waals surface area contributed by atoms with Crippen LogP contribution in [0.2, 0.25) is 0 Å². The van der Waals surface area contributed by atoms with Crippen LogP contribution in [-0.2, 0) is 13.0 Å². The molecule has 4 nitrogen and oxygen atoms in total. The van der Waals surface area contributed by atoms with Gasteiger partial charge in [-0.05, 0) is 54.6 Å². The molecule has 1 aliphatic heterocycles. The summed E-state index contributed by atoms with van der Waals surface area (Å²) in [7, 11) is 3.24. The molecule has 2 aromatic carbocycles. The largest absolute Gasteiger partial charge is 0.493 e. The lowest BCUT2D eigenvalue weighted by atomic mass is 9.88. The third kappa shape index (κ3) is 4.59. The zero-order valence-electron chi connectivity index (χ0n) is 17.0. The second-order valence-corrected chi connectivity index (χ2v) is 7.71. The first-order chi connectivity index (χ1) is 13.7. The quantitative estimate of drug-likeness (QED) is 0.674. The molecule has 2 unspecified atom stereocenters. The van der Waals surface area contributed by atoms with Gasteiger partial charge in [0.15, 0.2) is 17.3 Å². The summed E-state index contributed by atoms with van der Waals surface area (Å²) in [5, 5.41) is 0. The highest BCUT2D eigenvalue weighted by molar-refractivity contribution is 6.02. The topological polar surface area (TPSA) is 38.8 Å². The van der Waals surface area contributed by atoms with Crippen LogP contribution in [0.1, 0.15) is 34.3 Å². The van der Waals surface area contributed by atoms with Crippen molar-refractivity contribution in [1.82, 2.24) is 4.90 Å². The van der Waals surface area contributed by atoms with Crippen molar-refractivity contribution in [1.29, 1.82) is 0 Å². The molecule has 0 fully saturated rings. The third-order valence-corrected chi connectivity index (χ3v) is 5.88. The Kier molecular flexibility index (Phi) is 6.86. The van der Waals surface area contributed by atoms with Crippen molar-refractivity contribution in [2.75, 3.05) is 20.8 Å². The highest BCUT2D eigenvalue weighted by Gasteiger charge is 2.33. The van der Waals surface area contributed by atoms with E-state index in [2.05, 4.69) is 41.4 Å². The van der Waals surface area contributed by atoms with Crippen molar-refractivity contribution in [2.45, 2.75) is 25.8 Å². The Morgan fingerprint density at radius 2 is 1.79 bits per heavy atom. The highest BCUT2D eigenvalue weighted by Crippen LogP contribution is 2.39. The molecule has 0 N–H and O–H groups in total. The molecular formula is C24H28ClNO3. The Balaban J connectivity index is 0.00000240. The summed E-state index contributed by atoms with van der Waals surface area (Å²) in [4.78, 5) is 15.3. The summed E-state index contributed by atoms with van der Waals surface area (Å²) >= 11 is 0. The number of methoxy groups -OCH3 is 2. The lowest BCUT2D eigenvalue weighted by molar-refractivity contribution is 0.0919. The molecule has 2 atom stereocenters. The van der Waals surface area contributed by atoms with E-state index in [1.165, 1.54) is 5.56 Å². The molecule has 0 amide bonds. The molecule has 1 heterocycles. The van der Waals surface area contributed by atoms with Crippen molar-refractivity contribution >= 4 is 18.2 Å². The number of ketones is 1. The molecule has 0 spiro atoms. The molecule has 0 radical (unpaired) electrons. The molecule has 4 rings (SSSR count). The average molecular weight is 414 g/mol. The summed E-state index contributed by atoms with van der Waals surface area (Å²) in [6, 6.07) is 14.3. The van der Waals surface area contributed by atoms with E-state index in [1.54, 1.807) is 14.2 Å². The van der Waals surface area contributed by atoms with Crippen LogP contribution in [0, 0.1) is 11.8 Å². The lowest BCUT2D eigenvalue weighted by Gasteiger charge is -2.29. The number of halogens is 1. The molecule has 29 heavy (non-hydrogen) atoms. The summed E-state index contributed by atoms with van der Waals surface area (Å²) in [6.07, 6.45) is 7.29. The molecule has 0 aromatic heterocycles. The van der Waals surface area contributed by atoms with E-state index in [4.69, 9.17) is 9.47 Å². The van der Waals surface area contributed by atoms with E-state index in [0.29, 0.717) is 17.4 Å². The fourth-order valence-electron chi connectivity index (χ4n) is 4.35. The predicted molar refractivity (Wildman–Crippen MR) is 117 cm³/mol. The number of carbonyl (C=O) groups is 1. The first kappa shape index (κ1) is 21.3. The van der Waals surface area contributed by atoms with Crippen molar-refractivity contribution < 1.29 is 14.3 Å². The molecule has 154 valence electrons. The minimum absolute atomic E-state index is 0. The van der Waals surface area contributed by atoms with Crippen molar-refractivity contribution in [3.05, 3.63) is 71.4 Å². The summed E-state index contributed by atoms with van der Waals surface area (Å²) < 4.78 is 10.8. The van der Waals surface area contributed by atoms with Gasteiger partial charge in [-0.15, -0.1) is 12.4 Å². The third-order valence-electron chi connectivity index (χ3n) is 5.88. The summed E-state index contributed by atoms with van der Waals surface area (Å²) in [5.74, 6) is 2.09. The van der Waals surface area contributed by atoms with Crippen LogP contribution in [0.5, 0.6) is 11.5 Å². The Morgan fingerprint density at radius 3 is 2.45 bits per heavy atom. The van der Waals surface area contributed by atoms with Crippen LogP contribution < -0.4 is 9.47 Å². The number of rotatable bonds is 6. The standard InChI is InChI=1S/C24H27NO3.ClH/c1-27-22-14-19-13-20(24(26)21(19)15-23(22)28-2)12-17-8-10-25(11-9-17)16-18-6-4-3-5-7-18;/h3-8,10,14-15,17,20H,9,11-13,16H2,1-2H3;1H. The first-order valence-corrected chi connectivity index (χ1v) is 9.93. The van der Waals surface area contributed by atoms with Gasteiger partial charge in [0.25, 0.3) is 0 Å². The van der Waals surface area contributed by atoms with Crippen LogP contribution in [0.3, 0.4) is 0 Å². The lowest BCUT2D eigenvalue weighted by Crippen LogP contribution is -2.26. The fourth-order valence-corrected chi connectivity index (χ4v) is 4.35. The van der Waals surface area contributed by atoms with E-state index >= 15 is 0 Å². The monoisotopic (exact) mass is 413 g/mol. The van der Waals surface area contributed by atoms with Gasteiger partial charge in [-0.2, -0.15) is 0 Å². The van der Waals surface area contributed by atoms with Crippen molar-refractivity contribution in [3.63, 3.8) is 0 Å². The SMILES string of the molecule is COc1cc2c(cc1OC)C(=O)C(CC1C=CN(Cc3ccccc3)CC1)C2.Cl. The zero-order chi connectivity index (χ0) is 19.5. The summed E-state index contributed by atoms with van der Waals surface area (Å²) in [5.41, 5.74) is 3.21. The van der Waals surface area contributed by atoms with Gasteiger partial charge >= 0.3 is 0 Å². The van der Waals surface area contributed by atoms with E-state index in [0.717, 1.165) is 43.5 Å². The van der Waals surface area contributed by atoms with Crippen LogP contribution in [0.4, 0.5) is 0 Å². The van der Waals surface area contributed by atoms with Crippen molar-refractivity contribution in [2.24, 2.45) is 11.8 Å². The van der Waals surface area contributed by atoms with Gasteiger partial charge in [-0.25, -0.2) is 0 Å². The second kappa shape index (κ2) is 9.36. The Bertz CT molecular complexity index is 881. The number of hydrogen-bond acceptors (Lipinski definition) is 4. The van der Waals surface area contributed by atoms with Crippen LogP contribution in [0.15, 0.2) is 54.7 Å². The first-order valence-electron chi connectivity index (χ1n) is 9.93. The molecule has 2 aromatic rings. The normalized spacial score (nSPS) is 20.2. The number of nitrogens with zero attached hydrogens (tertiary/aromatic N) is 1.